The fraction of sp³-hybridized carbons (Fsp3) is 0.440. The number of rotatable bonds is 7. The summed E-state index contributed by atoms with van der Waals surface area (Å²) in [6, 6.07) is 6.40. The van der Waals surface area contributed by atoms with E-state index in [2.05, 4.69) is 20.6 Å². The van der Waals surface area contributed by atoms with Gasteiger partial charge in [0.2, 0.25) is 11.5 Å². The van der Waals surface area contributed by atoms with E-state index in [-0.39, 0.29) is 30.9 Å². The normalized spacial score (nSPS) is 21.2. The van der Waals surface area contributed by atoms with Gasteiger partial charge in [0.1, 0.15) is 12.4 Å². The molecule has 1 saturated heterocycles. The van der Waals surface area contributed by atoms with Crippen molar-refractivity contribution in [1.82, 2.24) is 25.1 Å². The zero-order valence-electron chi connectivity index (χ0n) is 20.2. The van der Waals surface area contributed by atoms with Crippen LogP contribution < -0.4 is 10.6 Å². The minimum atomic E-state index is -1.45. The molecule has 1 unspecified atom stereocenters. The van der Waals surface area contributed by atoms with Crippen molar-refractivity contribution in [1.29, 1.82) is 0 Å². The Morgan fingerprint density at radius 3 is 2.69 bits per heavy atom. The first-order valence-electron chi connectivity index (χ1n) is 12.0. The van der Waals surface area contributed by atoms with Gasteiger partial charge in [-0.25, -0.2) is 24.5 Å². The van der Waals surface area contributed by atoms with Gasteiger partial charge in [-0.15, -0.1) is 0 Å². The molecule has 1 aromatic heterocycles. The van der Waals surface area contributed by atoms with E-state index in [0.29, 0.717) is 29.4 Å². The van der Waals surface area contributed by atoms with Crippen LogP contribution >= 0.6 is 0 Å². The van der Waals surface area contributed by atoms with Gasteiger partial charge in [-0.1, -0.05) is 6.07 Å². The standard InChI is InChI=1S/C25H28N6O5/c1-15(16-4-5-16)30(13-20-27-10-3-11-28-20)21(32)14-31-22(33)25(36-24(31)35)9-8-17-12-18(6-7-19(17)25)29-23(34)26-2/h3,6-7,10-12,15-16H,4-5,8-9,13-14H2,1-2H3,(H2,26,29,34)/t15?,25-/m1/s1. The summed E-state index contributed by atoms with van der Waals surface area (Å²) in [4.78, 5) is 62.5. The van der Waals surface area contributed by atoms with Gasteiger partial charge in [0.15, 0.2) is 0 Å². The number of carbonyl (C=O) groups excluding carboxylic acids is 4. The Bertz CT molecular complexity index is 1220. The lowest BCUT2D eigenvalue weighted by Crippen LogP contribution is -2.47. The average molecular weight is 493 g/mol. The molecule has 11 heteroatoms. The average Bonchev–Trinajstić information content (AvgIpc) is 3.63. The molecule has 2 atom stereocenters. The van der Waals surface area contributed by atoms with Crippen molar-refractivity contribution in [3.63, 3.8) is 0 Å². The number of nitrogens with one attached hydrogen (secondary N) is 2. The third-order valence-electron chi connectivity index (χ3n) is 7.18. The smallest absolute Gasteiger partial charge is 0.418 e. The summed E-state index contributed by atoms with van der Waals surface area (Å²) < 4.78 is 5.66. The second-order valence-corrected chi connectivity index (χ2v) is 9.43. The monoisotopic (exact) mass is 492 g/mol. The summed E-state index contributed by atoms with van der Waals surface area (Å²) in [5, 5.41) is 5.18. The van der Waals surface area contributed by atoms with E-state index in [9.17, 15) is 19.2 Å². The van der Waals surface area contributed by atoms with Gasteiger partial charge in [0, 0.05) is 43.2 Å². The highest BCUT2D eigenvalue weighted by Gasteiger charge is 2.58. The highest BCUT2D eigenvalue weighted by atomic mass is 16.6. The number of hydrogen-bond donors (Lipinski definition) is 2. The lowest BCUT2D eigenvalue weighted by Gasteiger charge is -2.30. The molecule has 188 valence electrons. The number of urea groups is 1. The Morgan fingerprint density at radius 2 is 2.00 bits per heavy atom. The molecule has 5 amide bonds. The molecule has 11 nitrogen and oxygen atoms in total. The van der Waals surface area contributed by atoms with Gasteiger partial charge < -0.3 is 20.3 Å². The highest BCUT2D eigenvalue weighted by molar-refractivity contribution is 6.06. The molecule has 1 aromatic carbocycles. The van der Waals surface area contributed by atoms with Crippen LogP contribution in [0.1, 0.15) is 43.1 Å². The van der Waals surface area contributed by atoms with E-state index in [1.165, 1.54) is 7.05 Å². The third kappa shape index (κ3) is 4.25. The Morgan fingerprint density at radius 1 is 1.25 bits per heavy atom. The topological polar surface area (TPSA) is 134 Å². The molecule has 2 fully saturated rings. The molecule has 0 bridgehead atoms. The second-order valence-electron chi connectivity index (χ2n) is 9.43. The van der Waals surface area contributed by atoms with Crippen LogP contribution in [0.25, 0.3) is 0 Å². The number of carbonyl (C=O) groups is 4. The Kier molecular flexibility index (Phi) is 6.07. The predicted molar refractivity (Wildman–Crippen MR) is 127 cm³/mol. The van der Waals surface area contributed by atoms with Gasteiger partial charge >= 0.3 is 12.1 Å². The number of benzene rings is 1. The van der Waals surface area contributed by atoms with Crippen LogP contribution in [-0.4, -0.2) is 63.3 Å². The summed E-state index contributed by atoms with van der Waals surface area (Å²) in [5.41, 5.74) is 0.512. The van der Waals surface area contributed by atoms with Crippen LogP contribution in [0.5, 0.6) is 0 Å². The van der Waals surface area contributed by atoms with Crippen molar-refractivity contribution in [2.24, 2.45) is 5.92 Å². The number of hydrogen-bond acceptors (Lipinski definition) is 7. The number of aromatic nitrogens is 2. The van der Waals surface area contributed by atoms with E-state index < -0.39 is 24.1 Å². The number of anilines is 1. The zero-order chi connectivity index (χ0) is 25.4. The summed E-state index contributed by atoms with van der Waals surface area (Å²) in [5.74, 6) is -0.0188. The molecular weight excluding hydrogens is 464 g/mol. The Balaban J connectivity index is 1.35. The fourth-order valence-corrected chi connectivity index (χ4v) is 5.01. The summed E-state index contributed by atoms with van der Waals surface area (Å²) in [6.07, 6.45) is 5.24. The molecule has 2 aromatic rings. The van der Waals surface area contributed by atoms with Crippen molar-refractivity contribution in [2.45, 2.75) is 50.8 Å². The van der Waals surface area contributed by atoms with Crippen molar-refractivity contribution in [3.05, 3.63) is 53.6 Å². The van der Waals surface area contributed by atoms with E-state index in [0.717, 1.165) is 23.3 Å². The van der Waals surface area contributed by atoms with E-state index in [1.807, 2.05) is 6.92 Å². The van der Waals surface area contributed by atoms with Gasteiger partial charge in [-0.3, -0.25) is 9.59 Å². The molecule has 2 heterocycles. The number of amides is 5. The van der Waals surface area contributed by atoms with Crippen molar-refractivity contribution in [2.75, 3.05) is 18.9 Å². The number of aryl methyl sites for hydroxylation is 1. The van der Waals surface area contributed by atoms with Crippen LogP contribution in [0.4, 0.5) is 15.3 Å². The van der Waals surface area contributed by atoms with E-state index >= 15 is 0 Å². The van der Waals surface area contributed by atoms with Crippen LogP contribution in [-0.2, 0) is 32.9 Å². The van der Waals surface area contributed by atoms with Gasteiger partial charge in [-0.05, 0) is 55.9 Å². The number of imide groups is 1. The summed E-state index contributed by atoms with van der Waals surface area (Å²) in [7, 11) is 1.52. The molecule has 0 radical (unpaired) electrons. The van der Waals surface area contributed by atoms with Crippen molar-refractivity contribution in [3.8, 4) is 0 Å². The van der Waals surface area contributed by atoms with Crippen LogP contribution in [0, 0.1) is 5.92 Å². The number of ether oxygens (including phenoxy) is 1. The van der Waals surface area contributed by atoms with E-state index in [1.54, 1.807) is 41.6 Å². The Labute approximate surface area is 208 Å². The minimum absolute atomic E-state index is 0.0672. The number of nitrogens with zero attached hydrogens (tertiary/aromatic N) is 4. The summed E-state index contributed by atoms with van der Waals surface area (Å²) >= 11 is 0. The molecule has 2 N–H and O–H groups in total. The SMILES string of the molecule is CNC(=O)Nc1ccc2c(c1)CC[C@@]21OC(=O)N(CC(=O)N(Cc2ncccn2)C(C)C2CC2)C1=O. The third-order valence-corrected chi connectivity index (χ3v) is 7.18. The molecule has 3 aliphatic rings. The molecule has 2 aliphatic carbocycles. The first-order valence-corrected chi connectivity index (χ1v) is 12.0. The van der Waals surface area contributed by atoms with Gasteiger partial charge in [-0.2, -0.15) is 0 Å². The Hall–Kier alpha value is -4.02. The van der Waals surface area contributed by atoms with Crippen LogP contribution in [0.2, 0.25) is 0 Å². The second kappa shape index (κ2) is 9.21. The summed E-state index contributed by atoms with van der Waals surface area (Å²) in [6.45, 7) is 1.76. The highest BCUT2D eigenvalue weighted by Crippen LogP contribution is 2.46. The molecule has 36 heavy (non-hydrogen) atoms. The predicted octanol–water partition coefficient (Wildman–Crippen LogP) is 2.18. The van der Waals surface area contributed by atoms with Gasteiger partial charge in [0.05, 0.1) is 6.54 Å². The molecule has 5 rings (SSSR count). The fourth-order valence-electron chi connectivity index (χ4n) is 5.01. The van der Waals surface area contributed by atoms with Crippen molar-refractivity contribution < 1.29 is 23.9 Å². The first kappa shape index (κ1) is 23.7. The maximum Gasteiger partial charge on any atom is 0.418 e. The van der Waals surface area contributed by atoms with Crippen molar-refractivity contribution >= 4 is 29.6 Å². The number of fused-ring (bicyclic) bond motifs is 2. The lowest BCUT2D eigenvalue weighted by atomic mass is 9.94. The molecule has 1 aliphatic heterocycles. The van der Waals surface area contributed by atoms with Crippen LogP contribution in [0.3, 0.4) is 0 Å². The molecular formula is C25H28N6O5. The maximum atomic E-state index is 13.5. The van der Waals surface area contributed by atoms with Crippen LogP contribution in [0.15, 0.2) is 36.7 Å². The van der Waals surface area contributed by atoms with E-state index in [4.69, 9.17) is 4.74 Å². The van der Waals surface area contributed by atoms with Gasteiger partial charge in [0.25, 0.3) is 5.91 Å². The minimum Gasteiger partial charge on any atom is -0.427 e. The lowest BCUT2D eigenvalue weighted by molar-refractivity contribution is -0.143. The maximum absolute atomic E-state index is 13.5. The zero-order valence-corrected chi connectivity index (χ0v) is 20.2. The first-order chi connectivity index (χ1) is 17.3. The quantitative estimate of drug-likeness (QED) is 0.605. The largest absolute Gasteiger partial charge is 0.427 e. The molecule has 1 saturated carbocycles. The molecule has 1 spiro atoms.